The van der Waals surface area contributed by atoms with Crippen LogP contribution in [0.4, 0.5) is 8.78 Å². The largest absolute Gasteiger partial charge is 0.293 e. The molecule has 0 saturated heterocycles. The molecule has 4 heteroatoms. The molecule has 20 heavy (non-hydrogen) atoms. The van der Waals surface area contributed by atoms with E-state index in [0.29, 0.717) is 0 Å². The van der Waals surface area contributed by atoms with Crippen molar-refractivity contribution in [2.75, 3.05) is 5.75 Å². The summed E-state index contributed by atoms with van der Waals surface area (Å²) in [5.41, 5.74) is 2.12. The van der Waals surface area contributed by atoms with Crippen LogP contribution in [0.3, 0.4) is 0 Å². The van der Waals surface area contributed by atoms with Gasteiger partial charge >= 0.3 is 0 Å². The molecule has 0 bridgehead atoms. The zero-order chi connectivity index (χ0) is 14.7. The van der Waals surface area contributed by atoms with Gasteiger partial charge in [0.2, 0.25) is 0 Å². The molecule has 2 aromatic rings. The van der Waals surface area contributed by atoms with Crippen molar-refractivity contribution in [3.63, 3.8) is 0 Å². The molecule has 0 amide bonds. The van der Waals surface area contributed by atoms with Gasteiger partial charge in [-0.3, -0.25) is 4.79 Å². The van der Waals surface area contributed by atoms with Gasteiger partial charge in [0.25, 0.3) is 0 Å². The third kappa shape index (κ3) is 3.45. The van der Waals surface area contributed by atoms with E-state index in [-0.39, 0.29) is 11.3 Å². The lowest BCUT2D eigenvalue weighted by Gasteiger charge is -2.05. The Morgan fingerprint density at radius 2 is 1.80 bits per heavy atom. The van der Waals surface area contributed by atoms with Crippen LogP contribution < -0.4 is 0 Å². The van der Waals surface area contributed by atoms with Gasteiger partial charge in [0.1, 0.15) is 11.6 Å². The van der Waals surface area contributed by atoms with E-state index in [1.807, 2.05) is 32.0 Å². The van der Waals surface area contributed by atoms with Crippen LogP contribution >= 0.6 is 11.8 Å². The Labute approximate surface area is 121 Å². The molecular formula is C16H14F2OS. The minimum Gasteiger partial charge on any atom is -0.293 e. The molecule has 2 rings (SSSR count). The highest BCUT2D eigenvalue weighted by Gasteiger charge is 2.13. The van der Waals surface area contributed by atoms with Crippen molar-refractivity contribution in [1.82, 2.24) is 0 Å². The number of thioether (sulfide) groups is 1. The maximum atomic E-state index is 13.5. The van der Waals surface area contributed by atoms with Gasteiger partial charge in [-0.2, -0.15) is 0 Å². The molecule has 0 spiro atoms. The molecule has 2 aromatic carbocycles. The summed E-state index contributed by atoms with van der Waals surface area (Å²) in [6.07, 6.45) is 0. The van der Waals surface area contributed by atoms with Gasteiger partial charge in [0, 0.05) is 4.90 Å². The van der Waals surface area contributed by atoms with Gasteiger partial charge < -0.3 is 0 Å². The molecule has 0 radical (unpaired) electrons. The topological polar surface area (TPSA) is 17.1 Å². The zero-order valence-corrected chi connectivity index (χ0v) is 12.1. The number of hydrogen-bond acceptors (Lipinski definition) is 2. The highest BCUT2D eigenvalue weighted by atomic mass is 32.2. The predicted octanol–water partition coefficient (Wildman–Crippen LogP) is 4.56. The molecule has 104 valence electrons. The monoisotopic (exact) mass is 292 g/mol. The summed E-state index contributed by atoms with van der Waals surface area (Å²) in [4.78, 5) is 12.9. The van der Waals surface area contributed by atoms with E-state index >= 15 is 0 Å². The second-order valence-corrected chi connectivity index (χ2v) is 5.63. The molecule has 0 N–H and O–H groups in total. The van der Waals surface area contributed by atoms with E-state index in [1.54, 1.807) is 0 Å². The summed E-state index contributed by atoms with van der Waals surface area (Å²) in [7, 11) is 0. The van der Waals surface area contributed by atoms with Crippen molar-refractivity contribution < 1.29 is 13.6 Å². The molecule has 0 saturated carbocycles. The van der Waals surface area contributed by atoms with Crippen molar-refractivity contribution in [1.29, 1.82) is 0 Å². The van der Waals surface area contributed by atoms with Crippen molar-refractivity contribution in [3.05, 3.63) is 64.7 Å². The lowest BCUT2D eigenvalue weighted by atomic mass is 10.1. The van der Waals surface area contributed by atoms with Crippen LogP contribution in [0.15, 0.2) is 41.3 Å². The van der Waals surface area contributed by atoms with Crippen LogP contribution in [0.2, 0.25) is 0 Å². The average Bonchev–Trinajstić information content (AvgIpc) is 2.42. The number of Topliss-reactive ketones (excluding diaryl/α,β-unsaturated/α-hetero) is 1. The third-order valence-electron chi connectivity index (χ3n) is 3.08. The lowest BCUT2D eigenvalue weighted by Crippen LogP contribution is -2.06. The number of carbonyl (C=O) groups excluding carboxylic acids is 1. The smallest absolute Gasteiger partial charge is 0.176 e. The Morgan fingerprint density at radius 1 is 1.05 bits per heavy atom. The van der Waals surface area contributed by atoms with Gasteiger partial charge in [0.15, 0.2) is 5.78 Å². The first-order valence-corrected chi connectivity index (χ1v) is 7.14. The summed E-state index contributed by atoms with van der Waals surface area (Å²) < 4.78 is 26.5. The standard InChI is InChI=1S/C16H14F2OS/c1-10-3-5-13(7-11(10)2)20-9-16(19)14-8-12(17)4-6-15(14)18/h3-8H,9H2,1-2H3. The molecule has 0 aliphatic carbocycles. The minimum absolute atomic E-state index is 0.0862. The zero-order valence-electron chi connectivity index (χ0n) is 11.2. The highest BCUT2D eigenvalue weighted by molar-refractivity contribution is 8.00. The van der Waals surface area contributed by atoms with Crippen molar-refractivity contribution in [2.45, 2.75) is 18.7 Å². The van der Waals surface area contributed by atoms with E-state index < -0.39 is 17.4 Å². The first-order chi connectivity index (χ1) is 9.47. The molecule has 0 heterocycles. The van der Waals surface area contributed by atoms with Crippen molar-refractivity contribution in [2.24, 2.45) is 0 Å². The number of halogens is 2. The Bertz CT molecular complexity index is 653. The fraction of sp³-hybridized carbons (Fsp3) is 0.188. The fourth-order valence-corrected chi connectivity index (χ4v) is 2.62. The van der Waals surface area contributed by atoms with Crippen LogP contribution in [0.25, 0.3) is 0 Å². The maximum absolute atomic E-state index is 13.5. The van der Waals surface area contributed by atoms with Gasteiger partial charge in [-0.25, -0.2) is 8.78 Å². The third-order valence-corrected chi connectivity index (χ3v) is 4.07. The summed E-state index contributed by atoms with van der Waals surface area (Å²) in [5.74, 6) is -1.61. The summed E-state index contributed by atoms with van der Waals surface area (Å²) >= 11 is 1.32. The molecule has 0 aliphatic rings. The van der Waals surface area contributed by atoms with Crippen LogP contribution in [0.5, 0.6) is 0 Å². The molecule has 0 atom stereocenters. The van der Waals surface area contributed by atoms with Crippen LogP contribution in [0, 0.1) is 25.5 Å². The second-order valence-electron chi connectivity index (χ2n) is 4.58. The highest BCUT2D eigenvalue weighted by Crippen LogP contribution is 2.22. The fourth-order valence-electron chi connectivity index (χ4n) is 1.74. The number of benzene rings is 2. The Balaban J connectivity index is 2.08. The SMILES string of the molecule is Cc1ccc(SCC(=O)c2cc(F)ccc2F)cc1C. The number of aryl methyl sites for hydroxylation is 2. The van der Waals surface area contributed by atoms with E-state index in [9.17, 15) is 13.6 Å². The van der Waals surface area contributed by atoms with Gasteiger partial charge in [-0.15, -0.1) is 11.8 Å². The first kappa shape index (κ1) is 14.7. The summed E-state index contributed by atoms with van der Waals surface area (Å²) in [6.45, 7) is 4.00. The lowest BCUT2D eigenvalue weighted by molar-refractivity contribution is 0.101. The minimum atomic E-state index is -0.683. The predicted molar refractivity (Wildman–Crippen MR) is 77.3 cm³/mol. The molecule has 0 unspecified atom stereocenters. The van der Waals surface area contributed by atoms with E-state index in [0.717, 1.165) is 28.7 Å². The Hall–Kier alpha value is -1.68. The first-order valence-electron chi connectivity index (χ1n) is 6.15. The van der Waals surface area contributed by atoms with E-state index in [1.165, 1.54) is 17.3 Å². The van der Waals surface area contributed by atoms with Crippen molar-refractivity contribution in [3.8, 4) is 0 Å². The molecule has 0 aromatic heterocycles. The van der Waals surface area contributed by atoms with Gasteiger partial charge in [-0.05, 0) is 55.3 Å². The van der Waals surface area contributed by atoms with Gasteiger partial charge in [-0.1, -0.05) is 6.07 Å². The Morgan fingerprint density at radius 3 is 2.50 bits per heavy atom. The number of hydrogen-bond donors (Lipinski definition) is 0. The molecule has 1 nitrogen and oxygen atoms in total. The number of ketones is 1. The van der Waals surface area contributed by atoms with E-state index in [2.05, 4.69) is 0 Å². The van der Waals surface area contributed by atoms with Crippen LogP contribution in [-0.4, -0.2) is 11.5 Å². The van der Waals surface area contributed by atoms with Crippen LogP contribution in [-0.2, 0) is 0 Å². The summed E-state index contributed by atoms with van der Waals surface area (Å²) in [5, 5.41) is 0. The van der Waals surface area contributed by atoms with Crippen LogP contribution in [0.1, 0.15) is 21.5 Å². The average molecular weight is 292 g/mol. The number of rotatable bonds is 4. The number of carbonyl (C=O) groups is 1. The van der Waals surface area contributed by atoms with Gasteiger partial charge in [0.05, 0.1) is 11.3 Å². The normalized spacial score (nSPS) is 10.6. The second kappa shape index (κ2) is 6.18. The maximum Gasteiger partial charge on any atom is 0.176 e. The van der Waals surface area contributed by atoms with E-state index in [4.69, 9.17) is 0 Å². The summed E-state index contributed by atoms with van der Waals surface area (Å²) in [6, 6.07) is 8.80. The molecule has 0 fully saturated rings. The molecular weight excluding hydrogens is 278 g/mol. The Kier molecular flexibility index (Phi) is 4.55. The molecule has 0 aliphatic heterocycles. The van der Waals surface area contributed by atoms with Crippen molar-refractivity contribution >= 4 is 17.5 Å². The quantitative estimate of drug-likeness (QED) is 0.607.